The molecular formula is C18H32N2O8. The molecule has 0 aromatic rings. The van der Waals surface area contributed by atoms with Crippen molar-refractivity contribution in [2.45, 2.75) is 79.1 Å². The molecule has 0 aliphatic rings. The van der Waals surface area contributed by atoms with Crippen LogP contribution in [0.2, 0.25) is 0 Å². The molecule has 10 nitrogen and oxygen atoms in total. The van der Waals surface area contributed by atoms with Crippen molar-refractivity contribution in [2.24, 2.45) is 0 Å². The van der Waals surface area contributed by atoms with Crippen molar-refractivity contribution in [3.63, 3.8) is 0 Å². The van der Waals surface area contributed by atoms with Crippen LogP contribution in [0.25, 0.3) is 0 Å². The van der Waals surface area contributed by atoms with Crippen LogP contribution in [0.1, 0.15) is 62.3 Å². The molecule has 0 saturated carbocycles. The number of hydrogen-bond donors (Lipinski definition) is 1. The molecule has 1 N–H and O–H groups in total. The van der Waals surface area contributed by atoms with Crippen LogP contribution in [0.4, 0.5) is 9.59 Å². The quantitative estimate of drug-likeness (QED) is 0.431. The van der Waals surface area contributed by atoms with E-state index in [4.69, 9.17) is 19.0 Å². The average Bonchev–Trinajstić information content (AvgIpc) is 2.38. The summed E-state index contributed by atoms with van der Waals surface area (Å²) >= 11 is 0. The van der Waals surface area contributed by atoms with Crippen molar-refractivity contribution in [1.82, 2.24) is 10.4 Å². The molecule has 0 aromatic carbocycles. The number of hydrogen-bond acceptors (Lipinski definition) is 8. The fourth-order valence-corrected chi connectivity index (χ4v) is 1.59. The van der Waals surface area contributed by atoms with Crippen LogP contribution in [0.5, 0.6) is 0 Å². The molecule has 0 spiro atoms. The minimum atomic E-state index is -1.14. The number of nitrogens with one attached hydrogen (secondary N) is 1. The number of rotatable bonds is 4. The third kappa shape index (κ3) is 13.7. The molecule has 0 fully saturated rings. The van der Waals surface area contributed by atoms with Gasteiger partial charge in [-0.05, 0) is 62.3 Å². The molecule has 0 bridgehead atoms. The third-order valence-corrected chi connectivity index (χ3v) is 2.28. The van der Waals surface area contributed by atoms with Crippen molar-refractivity contribution in [3.8, 4) is 0 Å². The maximum Gasteiger partial charge on any atom is 0.444 e. The zero-order chi connectivity index (χ0) is 22.3. The molecule has 0 aromatic heterocycles. The van der Waals surface area contributed by atoms with E-state index >= 15 is 0 Å². The van der Waals surface area contributed by atoms with Gasteiger partial charge < -0.3 is 24.4 Å². The summed E-state index contributed by atoms with van der Waals surface area (Å²) in [6, 6.07) is 0. The Bertz CT molecular complexity index is 582. The van der Waals surface area contributed by atoms with E-state index in [1.807, 2.05) is 0 Å². The highest BCUT2D eigenvalue weighted by Gasteiger charge is 2.30. The number of ether oxygens (including phenoxy) is 3. The van der Waals surface area contributed by atoms with Crippen LogP contribution in [0.3, 0.4) is 0 Å². The number of nitrogens with zero attached hydrogens (tertiary/aromatic N) is 1. The Morgan fingerprint density at radius 2 is 1.14 bits per heavy atom. The SMILES string of the molecule is CC(C)(C)OC(=O)CNC(=O)ON(CC(=O)OC(C)(C)C)C(=O)OC(C)(C)C. The van der Waals surface area contributed by atoms with Gasteiger partial charge >= 0.3 is 24.1 Å². The Labute approximate surface area is 165 Å². The van der Waals surface area contributed by atoms with Gasteiger partial charge in [0.2, 0.25) is 0 Å². The first-order valence-corrected chi connectivity index (χ1v) is 8.78. The number of carbonyl (C=O) groups excluding carboxylic acids is 4. The maximum absolute atomic E-state index is 12.2. The summed E-state index contributed by atoms with van der Waals surface area (Å²) in [5.41, 5.74) is -2.41. The smallest absolute Gasteiger partial charge is 0.444 e. The molecule has 10 heteroatoms. The minimum absolute atomic E-state index is 0.420. The van der Waals surface area contributed by atoms with Gasteiger partial charge in [-0.25, -0.2) is 14.4 Å². The summed E-state index contributed by atoms with van der Waals surface area (Å²) in [5.74, 6) is -1.50. The first kappa shape index (κ1) is 25.5. The van der Waals surface area contributed by atoms with Crippen molar-refractivity contribution in [3.05, 3.63) is 0 Å². The van der Waals surface area contributed by atoms with Crippen LogP contribution >= 0.6 is 0 Å². The summed E-state index contributed by atoms with van der Waals surface area (Å²) in [6.07, 6.45) is -2.20. The van der Waals surface area contributed by atoms with E-state index < -0.39 is 54.0 Å². The fourth-order valence-electron chi connectivity index (χ4n) is 1.59. The van der Waals surface area contributed by atoms with Crippen molar-refractivity contribution >= 4 is 24.1 Å². The lowest BCUT2D eigenvalue weighted by Crippen LogP contribution is -2.45. The Hall–Kier alpha value is -2.52. The Balaban J connectivity index is 4.96. The lowest BCUT2D eigenvalue weighted by molar-refractivity contribution is -0.167. The molecular weight excluding hydrogens is 372 g/mol. The van der Waals surface area contributed by atoms with E-state index in [-0.39, 0.29) is 0 Å². The van der Waals surface area contributed by atoms with Gasteiger partial charge in [0.05, 0.1) is 0 Å². The number of esters is 2. The molecule has 0 heterocycles. The van der Waals surface area contributed by atoms with Gasteiger partial charge in [0.1, 0.15) is 23.3 Å². The van der Waals surface area contributed by atoms with Crippen molar-refractivity contribution < 1.29 is 38.2 Å². The topological polar surface area (TPSA) is 120 Å². The van der Waals surface area contributed by atoms with Gasteiger partial charge in [0, 0.05) is 0 Å². The van der Waals surface area contributed by atoms with Crippen LogP contribution in [0, 0.1) is 0 Å². The normalized spacial score (nSPS) is 11.9. The largest absolute Gasteiger partial charge is 0.459 e. The zero-order valence-electron chi connectivity index (χ0n) is 18.1. The van der Waals surface area contributed by atoms with Gasteiger partial charge in [-0.15, -0.1) is 5.06 Å². The second-order valence-electron chi connectivity index (χ2n) is 8.92. The molecule has 0 aliphatic heterocycles. The molecule has 0 aliphatic carbocycles. The summed E-state index contributed by atoms with van der Waals surface area (Å²) in [4.78, 5) is 52.6. The number of amides is 2. The molecule has 0 saturated heterocycles. The van der Waals surface area contributed by atoms with E-state index in [1.54, 1.807) is 62.3 Å². The monoisotopic (exact) mass is 404 g/mol. The Morgan fingerprint density at radius 1 is 0.714 bits per heavy atom. The van der Waals surface area contributed by atoms with Crippen LogP contribution in [-0.2, 0) is 28.6 Å². The van der Waals surface area contributed by atoms with Gasteiger partial charge in [-0.2, -0.15) is 0 Å². The first-order chi connectivity index (χ1) is 12.4. The van der Waals surface area contributed by atoms with Gasteiger partial charge in [0.15, 0.2) is 6.54 Å². The summed E-state index contributed by atoms with van der Waals surface area (Å²) in [5, 5.41) is 2.56. The van der Waals surface area contributed by atoms with Gasteiger partial charge in [0.25, 0.3) is 0 Å². The predicted molar refractivity (Wildman–Crippen MR) is 99.1 cm³/mol. The Morgan fingerprint density at radius 3 is 1.57 bits per heavy atom. The van der Waals surface area contributed by atoms with Crippen molar-refractivity contribution in [2.75, 3.05) is 13.1 Å². The zero-order valence-corrected chi connectivity index (χ0v) is 18.1. The molecule has 0 rings (SSSR count). The van der Waals surface area contributed by atoms with Crippen molar-refractivity contribution in [1.29, 1.82) is 0 Å². The lowest BCUT2D eigenvalue weighted by atomic mass is 10.2. The summed E-state index contributed by atoms with van der Waals surface area (Å²) in [6.45, 7) is 13.6. The average molecular weight is 404 g/mol. The first-order valence-electron chi connectivity index (χ1n) is 8.78. The van der Waals surface area contributed by atoms with Crippen LogP contribution in [-0.4, -0.2) is 59.1 Å². The standard InChI is InChI=1S/C18H32N2O8/c1-16(2,3)25-12(21)10-19-14(23)28-20(15(24)27-18(7,8)9)11-13(22)26-17(4,5)6/h10-11H2,1-9H3,(H,19,23). The van der Waals surface area contributed by atoms with Gasteiger partial charge in [-0.3, -0.25) is 4.79 Å². The van der Waals surface area contributed by atoms with E-state index in [0.717, 1.165) is 0 Å². The molecule has 2 amide bonds. The highest BCUT2D eigenvalue weighted by molar-refractivity contribution is 5.81. The fraction of sp³-hybridized carbons (Fsp3) is 0.778. The highest BCUT2D eigenvalue weighted by atomic mass is 16.8. The number of hydroxylamine groups is 2. The summed E-state index contributed by atoms with van der Waals surface area (Å²) in [7, 11) is 0. The second kappa shape index (κ2) is 9.61. The molecule has 0 unspecified atom stereocenters. The second-order valence-corrected chi connectivity index (χ2v) is 8.92. The highest BCUT2D eigenvalue weighted by Crippen LogP contribution is 2.12. The van der Waals surface area contributed by atoms with E-state index in [2.05, 4.69) is 5.32 Å². The lowest BCUT2D eigenvalue weighted by Gasteiger charge is -2.27. The molecule has 162 valence electrons. The summed E-state index contributed by atoms with van der Waals surface area (Å²) < 4.78 is 15.3. The molecule has 0 atom stereocenters. The van der Waals surface area contributed by atoms with Gasteiger partial charge in [-0.1, -0.05) is 0 Å². The van der Waals surface area contributed by atoms with E-state index in [1.165, 1.54) is 0 Å². The Kier molecular flexibility index (Phi) is 8.74. The molecule has 28 heavy (non-hydrogen) atoms. The number of carbonyl (C=O) groups is 4. The third-order valence-electron chi connectivity index (χ3n) is 2.28. The van der Waals surface area contributed by atoms with Crippen LogP contribution in [0.15, 0.2) is 0 Å². The maximum atomic E-state index is 12.2. The molecule has 0 radical (unpaired) electrons. The minimum Gasteiger partial charge on any atom is -0.459 e. The van der Waals surface area contributed by atoms with E-state index in [9.17, 15) is 19.2 Å². The van der Waals surface area contributed by atoms with Crippen LogP contribution < -0.4 is 5.32 Å². The van der Waals surface area contributed by atoms with E-state index in [0.29, 0.717) is 5.06 Å². The predicted octanol–water partition coefficient (Wildman–Crippen LogP) is 2.55.